The first-order valence-electron chi connectivity index (χ1n) is 5.46. The molecule has 0 heterocycles. The highest BCUT2D eigenvalue weighted by Gasteiger charge is 2.13. The van der Waals surface area contributed by atoms with Crippen molar-refractivity contribution in [3.8, 4) is 0 Å². The normalized spacial score (nSPS) is 14.1. The quantitative estimate of drug-likeness (QED) is 0.592. The Morgan fingerprint density at radius 2 is 1.87 bits per heavy atom. The van der Waals surface area contributed by atoms with Crippen LogP contribution in [-0.4, -0.2) is 0 Å². The Morgan fingerprint density at radius 3 is 2.73 bits per heavy atom. The van der Waals surface area contributed by atoms with E-state index in [-0.39, 0.29) is 0 Å². The summed E-state index contributed by atoms with van der Waals surface area (Å²) in [6.07, 6.45) is 3.42. The van der Waals surface area contributed by atoms with Gasteiger partial charge in [0.1, 0.15) is 0 Å². The lowest BCUT2D eigenvalue weighted by molar-refractivity contribution is 1.26. The van der Waals surface area contributed by atoms with E-state index < -0.39 is 0 Å². The minimum atomic E-state index is 1.08. The Morgan fingerprint density at radius 1 is 1.00 bits per heavy atom. The van der Waals surface area contributed by atoms with E-state index in [0.717, 1.165) is 6.42 Å². The molecule has 74 valence electrons. The predicted octanol–water partition coefficient (Wildman–Crippen LogP) is 4.11. The highest BCUT2D eigenvalue weighted by Crippen LogP contribution is 2.34. The van der Waals surface area contributed by atoms with Gasteiger partial charge in [0.05, 0.1) is 0 Å². The van der Waals surface area contributed by atoms with Crippen LogP contribution in [0.5, 0.6) is 0 Å². The van der Waals surface area contributed by atoms with E-state index in [1.807, 2.05) is 0 Å². The minimum Gasteiger partial charge on any atom is -0.0765 e. The van der Waals surface area contributed by atoms with Gasteiger partial charge in [0, 0.05) is 0 Å². The molecule has 0 saturated carbocycles. The molecule has 2 aromatic carbocycles. The highest BCUT2D eigenvalue weighted by molar-refractivity contribution is 5.98. The van der Waals surface area contributed by atoms with Crippen molar-refractivity contribution < 1.29 is 0 Å². The summed E-state index contributed by atoms with van der Waals surface area (Å²) in [4.78, 5) is 0. The average Bonchev–Trinajstić information content (AvgIpc) is 2.25. The molecule has 15 heavy (non-hydrogen) atoms. The van der Waals surface area contributed by atoms with Gasteiger partial charge in [0.25, 0.3) is 0 Å². The molecule has 2 aromatic rings. The second kappa shape index (κ2) is 2.96. The minimum absolute atomic E-state index is 1.08. The summed E-state index contributed by atoms with van der Waals surface area (Å²) in [6, 6.07) is 11.1. The topological polar surface area (TPSA) is 0 Å². The van der Waals surface area contributed by atoms with Crippen molar-refractivity contribution in [3.05, 3.63) is 53.1 Å². The average molecular weight is 194 g/mol. The molecule has 0 atom stereocenters. The van der Waals surface area contributed by atoms with Crippen molar-refractivity contribution in [3.63, 3.8) is 0 Å². The number of hydrogen-bond donors (Lipinski definition) is 0. The van der Waals surface area contributed by atoms with Crippen LogP contribution in [0.25, 0.3) is 16.3 Å². The SMILES string of the molecule is CC1=CCc2cccc3ccc(C)c1c23. The summed E-state index contributed by atoms with van der Waals surface area (Å²) < 4.78 is 0. The van der Waals surface area contributed by atoms with Gasteiger partial charge in [0.15, 0.2) is 0 Å². The van der Waals surface area contributed by atoms with E-state index in [9.17, 15) is 0 Å². The van der Waals surface area contributed by atoms with Crippen LogP contribution in [0.1, 0.15) is 23.6 Å². The molecule has 0 nitrogen and oxygen atoms in total. The third kappa shape index (κ3) is 1.14. The molecule has 0 bridgehead atoms. The fourth-order valence-electron chi connectivity index (χ4n) is 2.60. The maximum atomic E-state index is 2.34. The van der Waals surface area contributed by atoms with Crippen LogP contribution in [0.15, 0.2) is 36.4 Å². The van der Waals surface area contributed by atoms with Gasteiger partial charge in [-0.1, -0.05) is 36.4 Å². The van der Waals surface area contributed by atoms with Crippen LogP contribution < -0.4 is 0 Å². The zero-order chi connectivity index (χ0) is 10.4. The lowest BCUT2D eigenvalue weighted by Crippen LogP contribution is -1.98. The number of hydrogen-bond acceptors (Lipinski definition) is 0. The first kappa shape index (κ1) is 8.72. The smallest absolute Gasteiger partial charge is 0.00710 e. The molecule has 3 rings (SSSR count). The van der Waals surface area contributed by atoms with Gasteiger partial charge < -0.3 is 0 Å². The standard InChI is InChI=1S/C15H14/c1-10-6-8-12-4-3-5-13-9-7-11(2)14(10)15(12)13/h3-8H,9H2,1-2H3. The van der Waals surface area contributed by atoms with Crippen molar-refractivity contribution in [1.82, 2.24) is 0 Å². The Hall–Kier alpha value is -1.56. The van der Waals surface area contributed by atoms with E-state index >= 15 is 0 Å². The van der Waals surface area contributed by atoms with E-state index in [1.54, 1.807) is 0 Å². The van der Waals surface area contributed by atoms with Crippen molar-refractivity contribution in [1.29, 1.82) is 0 Å². The summed E-state index contributed by atoms with van der Waals surface area (Å²) >= 11 is 0. The van der Waals surface area contributed by atoms with Gasteiger partial charge in [-0.05, 0) is 53.3 Å². The van der Waals surface area contributed by atoms with Crippen molar-refractivity contribution in [2.75, 3.05) is 0 Å². The molecule has 0 saturated heterocycles. The number of rotatable bonds is 0. The summed E-state index contributed by atoms with van der Waals surface area (Å²) in [6.45, 7) is 4.42. The molecule has 0 heteroatoms. The van der Waals surface area contributed by atoms with E-state index in [2.05, 4.69) is 50.3 Å². The van der Waals surface area contributed by atoms with Crippen molar-refractivity contribution in [2.24, 2.45) is 0 Å². The molecule has 0 spiro atoms. The summed E-state index contributed by atoms with van der Waals surface area (Å²) in [7, 11) is 0. The van der Waals surface area contributed by atoms with Crippen LogP contribution in [0.2, 0.25) is 0 Å². The van der Waals surface area contributed by atoms with Gasteiger partial charge in [-0.25, -0.2) is 0 Å². The van der Waals surface area contributed by atoms with Crippen LogP contribution in [0.4, 0.5) is 0 Å². The Balaban J connectivity index is 2.55. The monoisotopic (exact) mass is 194 g/mol. The molecule has 1 aliphatic carbocycles. The van der Waals surface area contributed by atoms with Crippen LogP contribution >= 0.6 is 0 Å². The van der Waals surface area contributed by atoms with Crippen molar-refractivity contribution >= 4 is 16.3 Å². The number of aryl methyl sites for hydroxylation is 1. The van der Waals surface area contributed by atoms with E-state index in [1.165, 1.54) is 33.0 Å². The molecule has 0 unspecified atom stereocenters. The lowest BCUT2D eigenvalue weighted by atomic mass is 9.86. The van der Waals surface area contributed by atoms with E-state index in [4.69, 9.17) is 0 Å². The van der Waals surface area contributed by atoms with Gasteiger partial charge in [-0.2, -0.15) is 0 Å². The molecule has 0 aliphatic heterocycles. The van der Waals surface area contributed by atoms with Gasteiger partial charge in [-0.15, -0.1) is 0 Å². The predicted molar refractivity (Wildman–Crippen MR) is 66.0 cm³/mol. The van der Waals surface area contributed by atoms with Gasteiger partial charge >= 0.3 is 0 Å². The van der Waals surface area contributed by atoms with Crippen LogP contribution in [0, 0.1) is 6.92 Å². The number of benzene rings is 2. The van der Waals surface area contributed by atoms with Crippen LogP contribution in [0.3, 0.4) is 0 Å². The Bertz CT molecular complexity index is 574. The van der Waals surface area contributed by atoms with Crippen molar-refractivity contribution in [2.45, 2.75) is 20.3 Å². The van der Waals surface area contributed by atoms with E-state index in [0.29, 0.717) is 0 Å². The summed E-state index contributed by atoms with van der Waals surface area (Å²) in [5.41, 5.74) is 5.74. The molecule has 0 amide bonds. The maximum Gasteiger partial charge on any atom is -0.00710 e. The first-order chi connectivity index (χ1) is 7.27. The number of allylic oxidation sites excluding steroid dienone is 2. The fraction of sp³-hybridized carbons (Fsp3) is 0.200. The van der Waals surface area contributed by atoms with Crippen LogP contribution in [-0.2, 0) is 6.42 Å². The molecule has 0 N–H and O–H groups in total. The lowest BCUT2D eigenvalue weighted by Gasteiger charge is -2.18. The Kier molecular flexibility index (Phi) is 1.72. The van der Waals surface area contributed by atoms with Gasteiger partial charge in [-0.3, -0.25) is 0 Å². The second-order valence-corrected chi connectivity index (χ2v) is 4.36. The molecule has 0 fully saturated rings. The Labute approximate surface area is 90.2 Å². The third-order valence-corrected chi connectivity index (χ3v) is 3.36. The zero-order valence-electron chi connectivity index (χ0n) is 9.17. The molecular weight excluding hydrogens is 180 g/mol. The molecule has 0 radical (unpaired) electrons. The second-order valence-electron chi connectivity index (χ2n) is 4.36. The molecule has 0 aromatic heterocycles. The molecule has 1 aliphatic rings. The summed E-state index contributed by atoms with van der Waals surface area (Å²) in [5, 5.41) is 2.85. The zero-order valence-corrected chi connectivity index (χ0v) is 9.17. The highest BCUT2D eigenvalue weighted by atomic mass is 14.2. The fourth-order valence-corrected chi connectivity index (χ4v) is 2.60. The first-order valence-corrected chi connectivity index (χ1v) is 5.46. The third-order valence-electron chi connectivity index (χ3n) is 3.36. The largest absolute Gasteiger partial charge is 0.0765 e. The maximum absolute atomic E-state index is 2.34. The molecular formula is C15H14. The summed E-state index contributed by atoms with van der Waals surface area (Å²) in [5.74, 6) is 0. The van der Waals surface area contributed by atoms with Gasteiger partial charge in [0.2, 0.25) is 0 Å².